The van der Waals surface area contributed by atoms with Crippen molar-refractivity contribution in [3.63, 3.8) is 0 Å². The highest BCUT2D eigenvalue weighted by Gasteiger charge is 2.16. The first-order chi connectivity index (χ1) is 12.4. The number of nitrogen functional groups attached to an aromatic ring is 1. The minimum Gasteiger partial charge on any atom is -0.490 e. The molecule has 2 N–H and O–H groups in total. The molecule has 2 aromatic rings. The van der Waals surface area contributed by atoms with Gasteiger partial charge in [0.2, 0.25) is 10.7 Å². The maximum absolute atomic E-state index is 12.4. The van der Waals surface area contributed by atoms with Crippen molar-refractivity contribution in [1.29, 1.82) is 0 Å². The normalized spacial score (nSPS) is 15.9. The minimum atomic E-state index is -0.425. The van der Waals surface area contributed by atoms with Gasteiger partial charge in [-0.1, -0.05) is 31.3 Å². The third-order valence-corrected chi connectivity index (χ3v) is 4.63. The molecule has 0 amide bonds. The summed E-state index contributed by atoms with van der Waals surface area (Å²) in [5.74, 6) is 0.704. The Morgan fingerprint density at radius 2 is 2.12 bits per heavy atom. The van der Waals surface area contributed by atoms with Crippen molar-refractivity contribution in [2.45, 2.75) is 27.2 Å². The molecule has 26 heavy (non-hydrogen) atoms. The molecule has 136 valence electrons. The van der Waals surface area contributed by atoms with Gasteiger partial charge in [-0.3, -0.25) is 9.59 Å². The number of rotatable bonds is 5. The van der Waals surface area contributed by atoms with Crippen molar-refractivity contribution in [2.24, 2.45) is 5.92 Å². The minimum absolute atomic E-state index is 0.208. The Kier molecular flexibility index (Phi) is 5.03. The molecule has 0 radical (unpaired) electrons. The van der Waals surface area contributed by atoms with E-state index in [9.17, 15) is 9.59 Å². The van der Waals surface area contributed by atoms with Crippen LogP contribution >= 0.6 is 11.3 Å². The quantitative estimate of drug-likeness (QED) is 0.865. The van der Waals surface area contributed by atoms with Crippen molar-refractivity contribution >= 4 is 34.0 Å². The van der Waals surface area contributed by atoms with Crippen molar-refractivity contribution in [2.75, 3.05) is 12.3 Å². The van der Waals surface area contributed by atoms with Gasteiger partial charge in [0.05, 0.1) is 12.2 Å². The van der Waals surface area contributed by atoms with Crippen molar-refractivity contribution in [3.8, 4) is 0 Å². The molecule has 0 bridgehead atoms. The van der Waals surface area contributed by atoms with Gasteiger partial charge in [-0.15, -0.1) is 0 Å². The molecule has 7 nitrogen and oxygen atoms in total. The predicted molar refractivity (Wildman–Crippen MR) is 102 cm³/mol. The average Bonchev–Trinajstić information content (AvgIpc) is 2.96. The number of ether oxygens (including phenoxy) is 1. The monoisotopic (exact) mass is 372 g/mol. The van der Waals surface area contributed by atoms with Crippen LogP contribution in [0.25, 0.3) is 11.0 Å². The Balaban J connectivity index is 2.06. The van der Waals surface area contributed by atoms with Crippen LogP contribution in [0, 0.1) is 5.92 Å². The molecule has 8 heteroatoms. The Morgan fingerprint density at radius 1 is 1.35 bits per heavy atom. The van der Waals surface area contributed by atoms with Crippen LogP contribution in [0.1, 0.15) is 31.3 Å². The summed E-state index contributed by atoms with van der Waals surface area (Å²) >= 11 is 1.37. The van der Waals surface area contributed by atoms with E-state index in [1.54, 1.807) is 25.2 Å². The number of allylic oxidation sites excluding steroid dienone is 4. The molecular weight excluding hydrogens is 352 g/mol. The maximum Gasteiger partial charge on any atom is 0.283 e. The van der Waals surface area contributed by atoms with E-state index in [2.05, 4.69) is 23.9 Å². The van der Waals surface area contributed by atoms with Crippen LogP contribution in [0.15, 0.2) is 34.4 Å². The Bertz CT molecular complexity index is 1010. The molecule has 3 rings (SSSR count). The lowest BCUT2D eigenvalue weighted by Gasteiger charge is -2.10. The van der Waals surface area contributed by atoms with Crippen LogP contribution < -0.4 is 11.3 Å². The number of nitrogens with zero attached hydrogens (tertiary/aromatic N) is 3. The molecule has 0 aromatic carbocycles. The number of anilines is 1. The van der Waals surface area contributed by atoms with Gasteiger partial charge in [-0.25, -0.2) is 0 Å². The van der Waals surface area contributed by atoms with E-state index in [1.165, 1.54) is 21.9 Å². The Labute approximate surface area is 154 Å². The molecule has 0 saturated heterocycles. The summed E-state index contributed by atoms with van der Waals surface area (Å²) in [5.41, 5.74) is 6.63. The Hall–Kier alpha value is -2.74. The predicted octanol–water partition coefficient (Wildman–Crippen LogP) is 2.37. The molecule has 2 aromatic heterocycles. The highest BCUT2D eigenvalue weighted by atomic mass is 32.1. The zero-order valence-corrected chi connectivity index (χ0v) is 15.7. The molecule has 0 aliphatic heterocycles. The fourth-order valence-electron chi connectivity index (χ4n) is 2.54. The second-order valence-corrected chi connectivity index (χ2v) is 7.33. The third kappa shape index (κ3) is 3.60. The second-order valence-electron chi connectivity index (χ2n) is 6.29. The zero-order chi connectivity index (χ0) is 18.8. The van der Waals surface area contributed by atoms with E-state index >= 15 is 0 Å². The van der Waals surface area contributed by atoms with Gasteiger partial charge in [-0.2, -0.15) is 14.6 Å². The second kappa shape index (κ2) is 7.25. The van der Waals surface area contributed by atoms with Gasteiger partial charge < -0.3 is 10.5 Å². The molecular formula is C18H20N4O3S. The molecule has 0 saturated carbocycles. The zero-order valence-electron chi connectivity index (χ0n) is 14.9. The van der Waals surface area contributed by atoms with Crippen molar-refractivity contribution < 1.29 is 9.53 Å². The molecule has 0 unspecified atom stereocenters. The largest absolute Gasteiger partial charge is 0.490 e. The topological polar surface area (TPSA) is 99.6 Å². The van der Waals surface area contributed by atoms with Crippen LogP contribution in [0.4, 0.5) is 5.82 Å². The molecule has 0 atom stereocenters. The number of ketones is 1. The summed E-state index contributed by atoms with van der Waals surface area (Å²) in [6, 6.07) is 0. The maximum atomic E-state index is 12.4. The standard InChI is InChI=1S/C18H20N4O3S/c1-4-25-14-9-11(5-6-13(14)23)8-12-16(19)22-18(20-17(12)24)26-15(21-22)7-10(2)3/h5-6,8-10H,4,7,19H2,1-3H3/b11-8+. The summed E-state index contributed by atoms with van der Waals surface area (Å²) in [4.78, 5) is 28.8. The van der Waals surface area contributed by atoms with Crippen LogP contribution in [0.3, 0.4) is 0 Å². The van der Waals surface area contributed by atoms with E-state index in [0.29, 0.717) is 23.1 Å². The average molecular weight is 372 g/mol. The number of carbonyl (C=O) groups excluding carboxylic acids is 1. The lowest BCUT2D eigenvalue weighted by atomic mass is 10.0. The van der Waals surface area contributed by atoms with Gasteiger partial charge in [0, 0.05) is 6.42 Å². The number of nitrogens with two attached hydrogens (primary N) is 1. The number of carbonyl (C=O) groups is 1. The highest BCUT2D eigenvalue weighted by Crippen LogP contribution is 2.22. The summed E-state index contributed by atoms with van der Waals surface area (Å²) in [7, 11) is 0. The first-order valence-corrected chi connectivity index (χ1v) is 9.17. The smallest absolute Gasteiger partial charge is 0.283 e. The third-order valence-electron chi connectivity index (χ3n) is 3.70. The van der Waals surface area contributed by atoms with Gasteiger partial charge in [-0.05, 0) is 36.6 Å². The van der Waals surface area contributed by atoms with Gasteiger partial charge in [0.1, 0.15) is 10.8 Å². The van der Waals surface area contributed by atoms with Crippen LogP contribution in [0.2, 0.25) is 0 Å². The van der Waals surface area contributed by atoms with E-state index in [0.717, 1.165) is 11.4 Å². The fourth-order valence-corrected chi connectivity index (χ4v) is 3.64. The first-order valence-electron chi connectivity index (χ1n) is 8.35. The lowest BCUT2D eigenvalue weighted by Crippen LogP contribution is -2.17. The first kappa shape index (κ1) is 18.1. The summed E-state index contributed by atoms with van der Waals surface area (Å²) in [6.07, 6.45) is 7.00. The summed E-state index contributed by atoms with van der Waals surface area (Å²) in [5, 5.41) is 5.35. The lowest BCUT2D eigenvalue weighted by molar-refractivity contribution is -0.114. The summed E-state index contributed by atoms with van der Waals surface area (Å²) in [6.45, 7) is 6.38. The van der Waals surface area contributed by atoms with Gasteiger partial charge in [0.25, 0.3) is 5.56 Å². The fraction of sp³-hybridized carbons (Fsp3) is 0.333. The van der Waals surface area contributed by atoms with Crippen molar-refractivity contribution in [1.82, 2.24) is 14.6 Å². The van der Waals surface area contributed by atoms with Crippen LogP contribution in [0.5, 0.6) is 0 Å². The van der Waals surface area contributed by atoms with E-state index in [4.69, 9.17) is 10.5 Å². The van der Waals surface area contributed by atoms with Gasteiger partial charge in [0.15, 0.2) is 5.76 Å². The molecule has 2 heterocycles. The Morgan fingerprint density at radius 3 is 2.81 bits per heavy atom. The summed E-state index contributed by atoms with van der Waals surface area (Å²) < 4.78 is 6.81. The number of fused-ring (bicyclic) bond motifs is 1. The number of hydrogen-bond donors (Lipinski definition) is 1. The molecule has 1 aliphatic carbocycles. The van der Waals surface area contributed by atoms with E-state index in [-0.39, 0.29) is 22.9 Å². The van der Waals surface area contributed by atoms with E-state index in [1.807, 2.05) is 0 Å². The highest BCUT2D eigenvalue weighted by molar-refractivity contribution is 7.16. The van der Waals surface area contributed by atoms with Crippen LogP contribution in [-0.2, 0) is 16.0 Å². The van der Waals surface area contributed by atoms with Crippen LogP contribution in [-0.4, -0.2) is 27.0 Å². The molecule has 0 fully saturated rings. The number of hydrogen-bond acceptors (Lipinski definition) is 7. The van der Waals surface area contributed by atoms with Gasteiger partial charge >= 0.3 is 0 Å². The molecule has 0 spiro atoms. The molecule has 1 aliphatic rings. The van der Waals surface area contributed by atoms with Crippen molar-refractivity contribution in [3.05, 3.63) is 50.5 Å². The SMILES string of the molecule is CCOC1=C/C(=C/c2c(N)n3nc(CC(C)C)sc3nc2=O)C=CC1=O. The van der Waals surface area contributed by atoms with E-state index < -0.39 is 5.56 Å². The number of aromatic nitrogens is 3.